The summed E-state index contributed by atoms with van der Waals surface area (Å²) < 4.78 is 55.1. The molecule has 2 aromatic carbocycles. The number of hydrogen-bond donors (Lipinski definition) is 1. The van der Waals surface area contributed by atoms with Crippen molar-refractivity contribution in [3.8, 4) is 16.9 Å². The number of nitrogens with zero attached hydrogens (tertiary/aromatic N) is 2. The van der Waals surface area contributed by atoms with Gasteiger partial charge in [0, 0.05) is 70.0 Å². The number of alkyl halides is 2. The van der Waals surface area contributed by atoms with Crippen LogP contribution in [0.5, 0.6) is 5.75 Å². The average molecular weight is 561 g/mol. The zero-order valence-electron chi connectivity index (χ0n) is 23.7. The second-order valence-electron chi connectivity index (χ2n) is 11.5. The van der Waals surface area contributed by atoms with Gasteiger partial charge in [0.15, 0.2) is 0 Å². The van der Waals surface area contributed by atoms with Crippen LogP contribution in [0.2, 0.25) is 0 Å². The van der Waals surface area contributed by atoms with Crippen LogP contribution in [0.1, 0.15) is 51.2 Å². The van der Waals surface area contributed by atoms with Crippen LogP contribution in [0, 0.1) is 11.2 Å². The molecule has 0 unspecified atom stereocenters. The van der Waals surface area contributed by atoms with Gasteiger partial charge < -0.3 is 19.5 Å². The summed E-state index contributed by atoms with van der Waals surface area (Å²) >= 11 is 0. The topological polar surface area (TPSA) is 62.2 Å². The fourth-order valence-electron chi connectivity index (χ4n) is 5.76. The molecule has 0 aromatic heterocycles. The fourth-order valence-corrected chi connectivity index (χ4v) is 5.76. The second-order valence-corrected chi connectivity index (χ2v) is 11.5. The Kier molecular flexibility index (Phi) is 8.57. The predicted molar refractivity (Wildman–Crippen MR) is 148 cm³/mol. The molecule has 0 spiro atoms. The van der Waals surface area contributed by atoms with Crippen LogP contribution in [-0.2, 0) is 22.0 Å². The van der Waals surface area contributed by atoms with Crippen molar-refractivity contribution in [2.45, 2.75) is 58.1 Å². The van der Waals surface area contributed by atoms with E-state index >= 15 is 0 Å². The summed E-state index contributed by atoms with van der Waals surface area (Å²) in [6.45, 7) is 11.9. The van der Waals surface area contributed by atoms with Crippen LogP contribution >= 0.6 is 0 Å². The number of ether oxygens (including phenoxy) is 2. The zero-order chi connectivity index (χ0) is 29.3. The van der Waals surface area contributed by atoms with Crippen molar-refractivity contribution in [1.29, 1.82) is 0 Å². The van der Waals surface area contributed by atoms with Crippen molar-refractivity contribution in [3.05, 3.63) is 65.6 Å². The highest BCUT2D eigenvalue weighted by Gasteiger charge is 2.45. The van der Waals surface area contributed by atoms with Crippen molar-refractivity contribution < 1.29 is 32.5 Å². The molecule has 2 aromatic rings. The molecule has 0 saturated carbocycles. The number of carboxylic acid groups (broad SMARTS) is 1. The summed E-state index contributed by atoms with van der Waals surface area (Å²) in [5, 5.41) is 9.51. The molecule has 4 rings (SSSR count). The standard InChI is InChI=1S/C31H39F3N2O4/c1-6-40-26-16-22(15-25(30(4,33)34)27(26)23-7-9-24(32)10-8-23)18-35-19-31(20-35,39-5)17-21(2)36-13-11-29(3,12-14-36)28(37)38/h7-10,15-16H,2,6,11-14,17-20H2,1,3-5H3,(H,37,38). The lowest BCUT2D eigenvalue weighted by Crippen LogP contribution is -2.62. The molecule has 2 fully saturated rings. The summed E-state index contributed by atoms with van der Waals surface area (Å²) in [7, 11) is 1.67. The van der Waals surface area contributed by atoms with Gasteiger partial charge in [-0.1, -0.05) is 18.7 Å². The van der Waals surface area contributed by atoms with E-state index in [1.54, 1.807) is 27.0 Å². The van der Waals surface area contributed by atoms with Crippen LogP contribution in [0.3, 0.4) is 0 Å². The molecule has 0 bridgehead atoms. The fraction of sp³-hybridized carbons (Fsp3) is 0.516. The maximum absolute atomic E-state index is 14.9. The van der Waals surface area contributed by atoms with E-state index in [0.717, 1.165) is 12.6 Å². The smallest absolute Gasteiger partial charge is 0.309 e. The highest BCUT2D eigenvalue weighted by atomic mass is 19.3. The molecule has 6 nitrogen and oxygen atoms in total. The van der Waals surface area contributed by atoms with Gasteiger partial charge in [-0.15, -0.1) is 0 Å². The molecule has 218 valence electrons. The molecule has 0 atom stereocenters. The Morgan fingerprint density at radius 1 is 1.15 bits per heavy atom. The SMILES string of the molecule is C=C(CC1(OC)CN(Cc2cc(OCC)c(-c3ccc(F)cc3)c(C(C)(F)F)c2)C1)N1CCC(C)(C(=O)O)CC1. The summed E-state index contributed by atoms with van der Waals surface area (Å²) in [5.41, 5.74) is 1.04. The largest absolute Gasteiger partial charge is 0.493 e. The summed E-state index contributed by atoms with van der Waals surface area (Å²) in [6, 6.07) is 8.78. The monoisotopic (exact) mass is 560 g/mol. The van der Waals surface area contributed by atoms with E-state index in [-0.39, 0.29) is 11.1 Å². The molecule has 0 aliphatic carbocycles. The van der Waals surface area contributed by atoms with Crippen molar-refractivity contribution in [3.63, 3.8) is 0 Å². The van der Waals surface area contributed by atoms with E-state index in [4.69, 9.17) is 9.47 Å². The molecule has 1 N–H and O–H groups in total. The van der Waals surface area contributed by atoms with Crippen LogP contribution in [-0.4, -0.2) is 66.4 Å². The number of halogens is 3. The van der Waals surface area contributed by atoms with Crippen molar-refractivity contribution >= 4 is 5.97 Å². The lowest BCUT2D eigenvalue weighted by molar-refractivity contribution is -0.151. The summed E-state index contributed by atoms with van der Waals surface area (Å²) in [5.74, 6) is -4.00. The summed E-state index contributed by atoms with van der Waals surface area (Å²) in [6.07, 6.45) is 1.73. The number of piperidine rings is 1. The molecule has 2 aliphatic heterocycles. The number of carbonyl (C=O) groups is 1. The van der Waals surface area contributed by atoms with Gasteiger partial charge in [0.25, 0.3) is 5.92 Å². The number of hydrogen-bond acceptors (Lipinski definition) is 5. The lowest BCUT2D eigenvalue weighted by Gasteiger charge is -2.51. The predicted octanol–water partition coefficient (Wildman–Crippen LogP) is 6.29. The van der Waals surface area contributed by atoms with Gasteiger partial charge in [0.05, 0.1) is 17.6 Å². The normalized spacial score (nSPS) is 18.7. The van der Waals surface area contributed by atoms with Gasteiger partial charge in [0.1, 0.15) is 11.6 Å². The Morgan fingerprint density at radius 2 is 1.77 bits per heavy atom. The molecular formula is C31H39F3N2O4. The third-order valence-electron chi connectivity index (χ3n) is 8.29. The first-order valence-electron chi connectivity index (χ1n) is 13.7. The number of likely N-dealkylation sites (tertiary alicyclic amines) is 2. The molecule has 0 radical (unpaired) electrons. The Bertz CT molecular complexity index is 1230. The summed E-state index contributed by atoms with van der Waals surface area (Å²) in [4.78, 5) is 15.9. The number of carboxylic acids is 1. The minimum atomic E-state index is -3.14. The molecule has 2 heterocycles. The maximum Gasteiger partial charge on any atom is 0.309 e. The number of rotatable bonds is 11. The third-order valence-corrected chi connectivity index (χ3v) is 8.29. The number of aliphatic carboxylic acids is 1. The second kappa shape index (κ2) is 11.4. The Balaban J connectivity index is 1.48. The van der Waals surface area contributed by atoms with Gasteiger partial charge >= 0.3 is 5.97 Å². The van der Waals surface area contributed by atoms with E-state index in [1.807, 2.05) is 0 Å². The minimum Gasteiger partial charge on any atom is -0.493 e. The maximum atomic E-state index is 14.9. The highest BCUT2D eigenvalue weighted by molar-refractivity contribution is 5.76. The molecule has 40 heavy (non-hydrogen) atoms. The number of methoxy groups -OCH3 is 1. The first kappa shape index (κ1) is 29.9. The van der Waals surface area contributed by atoms with E-state index in [0.29, 0.717) is 75.5 Å². The van der Waals surface area contributed by atoms with Crippen LogP contribution in [0.4, 0.5) is 13.2 Å². The van der Waals surface area contributed by atoms with E-state index in [2.05, 4.69) is 16.4 Å². The van der Waals surface area contributed by atoms with Crippen LogP contribution in [0.15, 0.2) is 48.7 Å². The quantitative estimate of drug-likeness (QED) is 0.348. The Morgan fingerprint density at radius 3 is 2.30 bits per heavy atom. The Hall–Kier alpha value is -3.04. The molecule has 0 amide bonds. The average Bonchev–Trinajstić information content (AvgIpc) is 2.87. The van der Waals surface area contributed by atoms with E-state index in [1.165, 1.54) is 30.3 Å². The molecule has 9 heteroatoms. The third kappa shape index (κ3) is 6.31. The van der Waals surface area contributed by atoms with Crippen LogP contribution < -0.4 is 4.74 Å². The van der Waals surface area contributed by atoms with Gasteiger partial charge in [-0.25, -0.2) is 13.2 Å². The van der Waals surface area contributed by atoms with Gasteiger partial charge in [-0.3, -0.25) is 9.69 Å². The molecular weight excluding hydrogens is 521 g/mol. The van der Waals surface area contributed by atoms with Crippen molar-refractivity contribution in [2.75, 3.05) is 39.9 Å². The lowest BCUT2D eigenvalue weighted by atomic mass is 9.80. The van der Waals surface area contributed by atoms with Gasteiger partial charge in [-0.05, 0) is 62.1 Å². The van der Waals surface area contributed by atoms with Crippen molar-refractivity contribution in [1.82, 2.24) is 9.80 Å². The van der Waals surface area contributed by atoms with E-state index < -0.39 is 28.7 Å². The minimum absolute atomic E-state index is 0.162. The van der Waals surface area contributed by atoms with E-state index in [9.17, 15) is 23.1 Å². The van der Waals surface area contributed by atoms with Crippen molar-refractivity contribution in [2.24, 2.45) is 5.41 Å². The first-order chi connectivity index (χ1) is 18.8. The van der Waals surface area contributed by atoms with Gasteiger partial charge in [-0.2, -0.15) is 0 Å². The molecule has 2 saturated heterocycles. The Labute approximate surface area is 234 Å². The molecule has 2 aliphatic rings. The zero-order valence-corrected chi connectivity index (χ0v) is 23.7. The highest BCUT2D eigenvalue weighted by Crippen LogP contribution is 2.43. The number of benzene rings is 2. The van der Waals surface area contributed by atoms with Gasteiger partial charge in [0.2, 0.25) is 0 Å². The first-order valence-corrected chi connectivity index (χ1v) is 13.7. The van der Waals surface area contributed by atoms with Crippen LogP contribution in [0.25, 0.3) is 11.1 Å².